The van der Waals surface area contributed by atoms with Crippen LogP contribution in [0.25, 0.3) is 0 Å². The zero-order chi connectivity index (χ0) is 14.1. The number of fused-ring (bicyclic) bond motifs is 1. The van der Waals surface area contributed by atoms with Gasteiger partial charge in [0.05, 0.1) is 6.54 Å². The summed E-state index contributed by atoms with van der Waals surface area (Å²) in [5.74, 6) is 0.960. The van der Waals surface area contributed by atoms with Gasteiger partial charge in [0.1, 0.15) is 11.9 Å². The molecule has 0 spiro atoms. The van der Waals surface area contributed by atoms with E-state index in [1.807, 2.05) is 18.2 Å². The van der Waals surface area contributed by atoms with Gasteiger partial charge in [-0.15, -0.1) is 0 Å². The molecular weight excluding hydrogens is 270 g/mol. The number of halogens is 1. The van der Waals surface area contributed by atoms with Gasteiger partial charge in [0, 0.05) is 17.1 Å². The Hall–Kier alpha value is -1.67. The fourth-order valence-electron chi connectivity index (χ4n) is 2.64. The Kier molecular flexibility index (Phi) is 3.58. The van der Waals surface area contributed by atoms with Crippen molar-refractivity contribution in [2.24, 2.45) is 0 Å². The molecule has 1 N–H and O–H groups in total. The second-order valence-corrected chi connectivity index (χ2v) is 5.83. The number of ether oxygens (including phenoxy) is 1. The Labute approximate surface area is 124 Å². The van der Waals surface area contributed by atoms with Crippen molar-refractivity contribution in [1.29, 1.82) is 0 Å². The first kappa shape index (κ1) is 13.3. The van der Waals surface area contributed by atoms with Crippen molar-refractivity contribution in [3.63, 3.8) is 0 Å². The van der Waals surface area contributed by atoms with Crippen LogP contribution in [0.5, 0.6) is 5.75 Å². The predicted octanol–water partition coefficient (Wildman–Crippen LogP) is 4.37. The van der Waals surface area contributed by atoms with Crippen molar-refractivity contribution in [2.45, 2.75) is 26.4 Å². The summed E-state index contributed by atoms with van der Waals surface area (Å²) >= 11 is 6.01. The molecule has 2 nitrogen and oxygen atoms in total. The minimum atomic E-state index is 0.171. The van der Waals surface area contributed by atoms with Gasteiger partial charge in [-0.2, -0.15) is 0 Å². The van der Waals surface area contributed by atoms with Crippen LogP contribution in [-0.4, -0.2) is 12.6 Å². The van der Waals surface area contributed by atoms with Crippen LogP contribution in [0.4, 0.5) is 5.69 Å². The van der Waals surface area contributed by atoms with Crippen molar-refractivity contribution in [3.05, 3.63) is 58.1 Å². The molecule has 0 aromatic heterocycles. The van der Waals surface area contributed by atoms with Crippen LogP contribution in [0.1, 0.15) is 16.7 Å². The molecule has 0 bridgehead atoms. The second-order valence-electron chi connectivity index (χ2n) is 5.40. The SMILES string of the molecule is Cc1ccc(NCC2Cc3cc(Cl)ccc3O2)c(C)c1. The summed E-state index contributed by atoms with van der Waals surface area (Å²) < 4.78 is 5.93. The highest BCUT2D eigenvalue weighted by Gasteiger charge is 2.22. The fraction of sp³-hybridized carbons (Fsp3) is 0.294. The smallest absolute Gasteiger partial charge is 0.123 e. The standard InChI is InChI=1S/C17H18ClNO/c1-11-3-5-16(12(2)7-11)19-10-15-9-13-8-14(18)4-6-17(13)20-15/h3-8,15,19H,9-10H2,1-2H3. The third kappa shape index (κ3) is 2.75. The largest absolute Gasteiger partial charge is 0.488 e. The Morgan fingerprint density at radius 3 is 2.85 bits per heavy atom. The fourth-order valence-corrected chi connectivity index (χ4v) is 2.83. The zero-order valence-electron chi connectivity index (χ0n) is 11.7. The Bertz CT molecular complexity index is 639. The molecule has 1 atom stereocenters. The van der Waals surface area contributed by atoms with Gasteiger partial charge >= 0.3 is 0 Å². The molecule has 0 aliphatic carbocycles. The van der Waals surface area contributed by atoms with Gasteiger partial charge in [0.15, 0.2) is 0 Å². The van der Waals surface area contributed by atoms with Crippen LogP contribution >= 0.6 is 11.6 Å². The lowest BCUT2D eigenvalue weighted by Gasteiger charge is -2.14. The van der Waals surface area contributed by atoms with E-state index in [0.29, 0.717) is 0 Å². The average Bonchev–Trinajstić information content (AvgIpc) is 2.79. The van der Waals surface area contributed by atoms with E-state index in [0.717, 1.165) is 23.7 Å². The molecule has 0 saturated heterocycles. The molecule has 3 heteroatoms. The maximum absolute atomic E-state index is 6.01. The van der Waals surface area contributed by atoms with E-state index in [-0.39, 0.29) is 6.10 Å². The molecule has 1 unspecified atom stereocenters. The molecule has 1 heterocycles. The summed E-state index contributed by atoms with van der Waals surface area (Å²) in [4.78, 5) is 0. The van der Waals surface area contributed by atoms with Crippen LogP contribution in [0.2, 0.25) is 5.02 Å². The molecule has 2 aromatic carbocycles. The van der Waals surface area contributed by atoms with Gasteiger partial charge in [0.25, 0.3) is 0 Å². The van der Waals surface area contributed by atoms with Crippen LogP contribution in [-0.2, 0) is 6.42 Å². The number of nitrogens with one attached hydrogen (secondary N) is 1. The molecule has 104 valence electrons. The normalized spacial score (nSPS) is 16.6. The summed E-state index contributed by atoms with van der Waals surface area (Å²) in [5, 5.41) is 4.25. The van der Waals surface area contributed by atoms with Gasteiger partial charge in [-0.1, -0.05) is 29.3 Å². The van der Waals surface area contributed by atoms with E-state index in [1.165, 1.54) is 22.4 Å². The first-order valence-electron chi connectivity index (χ1n) is 6.88. The second kappa shape index (κ2) is 5.37. The number of rotatable bonds is 3. The van der Waals surface area contributed by atoms with E-state index < -0.39 is 0 Å². The van der Waals surface area contributed by atoms with Crippen molar-refractivity contribution in [3.8, 4) is 5.75 Å². The van der Waals surface area contributed by atoms with Crippen LogP contribution in [0, 0.1) is 13.8 Å². The van der Waals surface area contributed by atoms with Gasteiger partial charge in [-0.25, -0.2) is 0 Å². The molecule has 3 rings (SSSR count). The Morgan fingerprint density at radius 2 is 2.05 bits per heavy atom. The minimum Gasteiger partial charge on any atom is -0.488 e. The average molecular weight is 288 g/mol. The first-order valence-corrected chi connectivity index (χ1v) is 7.26. The van der Waals surface area contributed by atoms with Crippen molar-refractivity contribution in [1.82, 2.24) is 0 Å². The lowest BCUT2D eigenvalue weighted by molar-refractivity contribution is 0.246. The van der Waals surface area contributed by atoms with Crippen LogP contribution < -0.4 is 10.1 Å². The molecule has 2 aromatic rings. The van der Waals surface area contributed by atoms with Gasteiger partial charge in [-0.05, 0) is 49.2 Å². The molecule has 0 radical (unpaired) electrons. The van der Waals surface area contributed by atoms with Crippen molar-refractivity contribution >= 4 is 17.3 Å². The van der Waals surface area contributed by atoms with Gasteiger partial charge < -0.3 is 10.1 Å². The number of hydrogen-bond donors (Lipinski definition) is 1. The molecule has 0 saturated carbocycles. The van der Waals surface area contributed by atoms with Gasteiger partial charge in [-0.3, -0.25) is 0 Å². The monoisotopic (exact) mass is 287 g/mol. The summed E-state index contributed by atoms with van der Waals surface area (Å²) in [5.41, 5.74) is 4.92. The van der Waals surface area contributed by atoms with Crippen LogP contribution in [0.3, 0.4) is 0 Å². The zero-order valence-corrected chi connectivity index (χ0v) is 12.5. The van der Waals surface area contributed by atoms with Crippen molar-refractivity contribution in [2.75, 3.05) is 11.9 Å². The first-order chi connectivity index (χ1) is 9.61. The van der Waals surface area contributed by atoms with Crippen LogP contribution in [0.15, 0.2) is 36.4 Å². The maximum atomic E-state index is 6.01. The molecule has 0 fully saturated rings. The molecule has 1 aliphatic rings. The van der Waals surface area contributed by atoms with E-state index in [9.17, 15) is 0 Å². The summed E-state index contributed by atoms with van der Waals surface area (Å²) in [6.07, 6.45) is 1.08. The lowest BCUT2D eigenvalue weighted by atomic mass is 10.1. The molecule has 0 amide bonds. The number of aryl methyl sites for hydroxylation is 2. The van der Waals surface area contributed by atoms with E-state index in [4.69, 9.17) is 16.3 Å². The third-order valence-electron chi connectivity index (χ3n) is 3.67. The topological polar surface area (TPSA) is 21.3 Å². The summed E-state index contributed by atoms with van der Waals surface area (Å²) in [6, 6.07) is 12.3. The van der Waals surface area contributed by atoms with Crippen molar-refractivity contribution < 1.29 is 4.74 Å². The summed E-state index contributed by atoms with van der Waals surface area (Å²) in [7, 11) is 0. The predicted molar refractivity (Wildman–Crippen MR) is 84.0 cm³/mol. The maximum Gasteiger partial charge on any atom is 0.123 e. The highest BCUT2D eigenvalue weighted by molar-refractivity contribution is 6.30. The van der Waals surface area contributed by atoms with E-state index in [1.54, 1.807) is 0 Å². The van der Waals surface area contributed by atoms with Gasteiger partial charge in [0.2, 0.25) is 0 Å². The number of anilines is 1. The number of hydrogen-bond acceptors (Lipinski definition) is 2. The molecular formula is C17H18ClNO. The van der Waals surface area contributed by atoms with E-state index >= 15 is 0 Å². The number of benzene rings is 2. The highest BCUT2D eigenvalue weighted by Crippen LogP contribution is 2.31. The third-order valence-corrected chi connectivity index (χ3v) is 3.90. The quantitative estimate of drug-likeness (QED) is 0.905. The molecule has 20 heavy (non-hydrogen) atoms. The Balaban J connectivity index is 1.63. The highest BCUT2D eigenvalue weighted by atomic mass is 35.5. The Morgan fingerprint density at radius 1 is 1.20 bits per heavy atom. The summed E-state index contributed by atoms with van der Waals surface area (Å²) in [6.45, 7) is 5.03. The lowest BCUT2D eigenvalue weighted by Crippen LogP contribution is -2.24. The minimum absolute atomic E-state index is 0.171. The molecule has 1 aliphatic heterocycles. The van der Waals surface area contributed by atoms with E-state index in [2.05, 4.69) is 37.4 Å².